The van der Waals surface area contributed by atoms with Crippen LogP contribution in [0, 0.1) is 5.41 Å². The molecule has 1 heteroatoms. The SMILES string of the molecule is CCC(C)(C)C1=CC=C(O)CC1. The van der Waals surface area contributed by atoms with E-state index in [0.29, 0.717) is 11.2 Å². The van der Waals surface area contributed by atoms with Crippen molar-refractivity contribution in [2.75, 3.05) is 0 Å². The number of allylic oxidation sites excluding steroid dienone is 4. The van der Waals surface area contributed by atoms with Gasteiger partial charge in [0.1, 0.15) is 0 Å². The molecule has 0 amide bonds. The maximum atomic E-state index is 9.18. The zero-order valence-electron chi connectivity index (χ0n) is 8.22. The second-order valence-corrected chi connectivity index (χ2v) is 4.09. The van der Waals surface area contributed by atoms with Gasteiger partial charge in [-0.15, -0.1) is 0 Å². The number of hydrogen-bond acceptors (Lipinski definition) is 1. The van der Waals surface area contributed by atoms with Crippen molar-refractivity contribution in [3.05, 3.63) is 23.5 Å². The Labute approximate surface area is 74.8 Å². The van der Waals surface area contributed by atoms with E-state index >= 15 is 0 Å². The van der Waals surface area contributed by atoms with Crippen LogP contribution >= 0.6 is 0 Å². The molecule has 0 saturated heterocycles. The Bertz CT molecular complexity index is 221. The fourth-order valence-electron chi connectivity index (χ4n) is 1.42. The van der Waals surface area contributed by atoms with Gasteiger partial charge in [0.2, 0.25) is 0 Å². The van der Waals surface area contributed by atoms with Gasteiger partial charge in [0.05, 0.1) is 5.76 Å². The summed E-state index contributed by atoms with van der Waals surface area (Å²) >= 11 is 0. The fourth-order valence-corrected chi connectivity index (χ4v) is 1.42. The highest BCUT2D eigenvalue weighted by Crippen LogP contribution is 2.35. The van der Waals surface area contributed by atoms with Crippen molar-refractivity contribution in [3.8, 4) is 0 Å². The summed E-state index contributed by atoms with van der Waals surface area (Å²) in [4.78, 5) is 0. The van der Waals surface area contributed by atoms with Crippen LogP contribution in [-0.4, -0.2) is 5.11 Å². The standard InChI is InChI=1S/C11H18O/c1-4-11(2,3)9-5-7-10(12)8-6-9/h5,7,12H,4,6,8H2,1-3H3. The summed E-state index contributed by atoms with van der Waals surface area (Å²) in [5.74, 6) is 0.519. The van der Waals surface area contributed by atoms with E-state index in [1.54, 1.807) is 0 Å². The molecule has 1 N–H and O–H groups in total. The molecule has 0 aliphatic heterocycles. The Balaban J connectivity index is 2.77. The predicted molar refractivity (Wildman–Crippen MR) is 52.1 cm³/mol. The van der Waals surface area contributed by atoms with Gasteiger partial charge in [-0.05, 0) is 24.3 Å². The van der Waals surface area contributed by atoms with Gasteiger partial charge in [0.25, 0.3) is 0 Å². The summed E-state index contributed by atoms with van der Waals surface area (Å²) in [6.45, 7) is 6.73. The zero-order valence-corrected chi connectivity index (χ0v) is 8.22. The van der Waals surface area contributed by atoms with Crippen LogP contribution in [0.1, 0.15) is 40.0 Å². The first-order valence-electron chi connectivity index (χ1n) is 4.65. The molecule has 1 aliphatic carbocycles. The van der Waals surface area contributed by atoms with Gasteiger partial charge >= 0.3 is 0 Å². The second kappa shape index (κ2) is 3.34. The average Bonchev–Trinajstić information content (AvgIpc) is 2.05. The van der Waals surface area contributed by atoms with Crippen molar-refractivity contribution in [2.24, 2.45) is 5.41 Å². The highest BCUT2D eigenvalue weighted by atomic mass is 16.3. The topological polar surface area (TPSA) is 20.2 Å². The molecule has 12 heavy (non-hydrogen) atoms. The van der Waals surface area contributed by atoms with E-state index in [1.165, 1.54) is 5.57 Å². The van der Waals surface area contributed by atoms with E-state index in [9.17, 15) is 5.11 Å². The van der Waals surface area contributed by atoms with Crippen molar-refractivity contribution < 1.29 is 5.11 Å². The second-order valence-electron chi connectivity index (χ2n) is 4.09. The van der Waals surface area contributed by atoms with Crippen LogP contribution in [0.4, 0.5) is 0 Å². The summed E-state index contributed by atoms with van der Waals surface area (Å²) < 4.78 is 0. The fraction of sp³-hybridized carbons (Fsp3) is 0.636. The number of hydrogen-bond donors (Lipinski definition) is 1. The molecule has 0 radical (unpaired) electrons. The first-order chi connectivity index (χ1) is 5.56. The molecule has 0 aromatic carbocycles. The average molecular weight is 166 g/mol. The zero-order chi connectivity index (χ0) is 9.19. The minimum absolute atomic E-state index is 0.303. The van der Waals surface area contributed by atoms with Crippen molar-refractivity contribution in [1.29, 1.82) is 0 Å². The van der Waals surface area contributed by atoms with Gasteiger partial charge < -0.3 is 5.11 Å². The van der Waals surface area contributed by atoms with Gasteiger partial charge in [-0.3, -0.25) is 0 Å². The molecule has 0 fully saturated rings. The van der Waals surface area contributed by atoms with Gasteiger partial charge in [0.15, 0.2) is 0 Å². The largest absolute Gasteiger partial charge is 0.512 e. The Kier molecular flexibility index (Phi) is 2.61. The van der Waals surface area contributed by atoms with Crippen LogP contribution in [0.2, 0.25) is 0 Å². The minimum atomic E-state index is 0.303. The Morgan fingerprint density at radius 2 is 2.00 bits per heavy atom. The van der Waals surface area contributed by atoms with Crippen LogP contribution in [0.25, 0.3) is 0 Å². The molecule has 0 aromatic heterocycles. The lowest BCUT2D eigenvalue weighted by molar-refractivity contribution is 0.363. The van der Waals surface area contributed by atoms with E-state index in [4.69, 9.17) is 0 Å². The molecule has 1 aliphatic rings. The number of aliphatic hydroxyl groups is 1. The molecule has 1 nitrogen and oxygen atoms in total. The maximum absolute atomic E-state index is 9.18. The normalized spacial score (nSPS) is 18.6. The minimum Gasteiger partial charge on any atom is -0.512 e. The molecule has 68 valence electrons. The molecule has 0 atom stereocenters. The van der Waals surface area contributed by atoms with Gasteiger partial charge in [-0.2, -0.15) is 0 Å². The first-order valence-corrected chi connectivity index (χ1v) is 4.65. The van der Waals surface area contributed by atoms with Crippen molar-refractivity contribution in [2.45, 2.75) is 40.0 Å². The quantitative estimate of drug-likeness (QED) is 0.664. The van der Waals surface area contributed by atoms with E-state index in [2.05, 4.69) is 26.8 Å². The predicted octanol–water partition coefficient (Wildman–Crippen LogP) is 3.58. The lowest BCUT2D eigenvalue weighted by Gasteiger charge is -2.28. The van der Waals surface area contributed by atoms with Crippen LogP contribution in [0.3, 0.4) is 0 Å². The smallest absolute Gasteiger partial charge is 0.0925 e. The lowest BCUT2D eigenvalue weighted by Crippen LogP contribution is -2.14. The van der Waals surface area contributed by atoms with E-state index < -0.39 is 0 Å². The summed E-state index contributed by atoms with van der Waals surface area (Å²) in [5, 5.41) is 9.18. The van der Waals surface area contributed by atoms with Gasteiger partial charge in [-0.25, -0.2) is 0 Å². The monoisotopic (exact) mass is 166 g/mol. The Hall–Kier alpha value is -0.720. The summed E-state index contributed by atoms with van der Waals surface area (Å²) in [7, 11) is 0. The van der Waals surface area contributed by atoms with Crippen molar-refractivity contribution >= 4 is 0 Å². The third-order valence-corrected chi connectivity index (χ3v) is 2.88. The van der Waals surface area contributed by atoms with Crippen LogP contribution in [0.15, 0.2) is 23.5 Å². The molecule has 0 saturated carbocycles. The lowest BCUT2D eigenvalue weighted by atomic mass is 9.78. The van der Waals surface area contributed by atoms with Crippen LogP contribution in [0.5, 0.6) is 0 Å². The van der Waals surface area contributed by atoms with Crippen LogP contribution in [-0.2, 0) is 0 Å². The Morgan fingerprint density at radius 1 is 1.33 bits per heavy atom. The highest BCUT2D eigenvalue weighted by molar-refractivity contribution is 5.24. The third-order valence-electron chi connectivity index (χ3n) is 2.88. The molecule has 0 bridgehead atoms. The molecular weight excluding hydrogens is 148 g/mol. The number of rotatable bonds is 2. The third kappa shape index (κ3) is 1.90. The summed E-state index contributed by atoms with van der Waals surface area (Å²) in [6, 6.07) is 0. The maximum Gasteiger partial charge on any atom is 0.0925 e. The van der Waals surface area contributed by atoms with Crippen molar-refractivity contribution in [3.63, 3.8) is 0 Å². The molecule has 0 spiro atoms. The molecule has 0 heterocycles. The summed E-state index contributed by atoms with van der Waals surface area (Å²) in [6.07, 6.45) is 6.89. The van der Waals surface area contributed by atoms with Gasteiger partial charge in [0, 0.05) is 6.42 Å². The highest BCUT2D eigenvalue weighted by Gasteiger charge is 2.21. The first kappa shape index (κ1) is 9.37. The molecule has 0 unspecified atom stereocenters. The molecular formula is C11H18O. The van der Waals surface area contributed by atoms with E-state index in [-0.39, 0.29) is 0 Å². The van der Waals surface area contributed by atoms with E-state index in [1.807, 2.05) is 6.08 Å². The van der Waals surface area contributed by atoms with E-state index in [0.717, 1.165) is 19.3 Å². The molecule has 0 aromatic rings. The number of aliphatic hydroxyl groups excluding tert-OH is 1. The Morgan fingerprint density at radius 3 is 2.42 bits per heavy atom. The van der Waals surface area contributed by atoms with Crippen molar-refractivity contribution in [1.82, 2.24) is 0 Å². The molecule has 1 rings (SSSR count). The van der Waals surface area contributed by atoms with Crippen LogP contribution < -0.4 is 0 Å². The summed E-state index contributed by atoms with van der Waals surface area (Å²) in [5.41, 5.74) is 1.76. The van der Waals surface area contributed by atoms with Gasteiger partial charge in [-0.1, -0.05) is 32.4 Å².